The maximum absolute atomic E-state index is 13.4. The zero-order chi connectivity index (χ0) is 13.0. The largest absolute Gasteiger partial charge is 0.365 e. The quantitative estimate of drug-likeness (QED) is 0.647. The second-order valence-corrected chi connectivity index (χ2v) is 5.12. The molecule has 0 saturated heterocycles. The normalized spacial score (nSPS) is 30.6. The van der Waals surface area contributed by atoms with E-state index in [0.717, 1.165) is 17.0 Å². The highest BCUT2D eigenvalue weighted by molar-refractivity contribution is 6.04. The zero-order valence-corrected chi connectivity index (χ0v) is 10.5. The van der Waals surface area contributed by atoms with Gasteiger partial charge >= 0.3 is 0 Å². The summed E-state index contributed by atoms with van der Waals surface area (Å²) in [7, 11) is 2.05. The number of rotatable bonds is 0. The first kappa shape index (κ1) is 10.7. The molecule has 0 fully saturated rings. The van der Waals surface area contributed by atoms with Crippen LogP contribution in [0.2, 0.25) is 0 Å². The fraction of sp³-hybridized carbons (Fsp3) is 0.188. The Morgan fingerprint density at radius 1 is 1.16 bits per heavy atom. The van der Waals surface area contributed by atoms with E-state index in [2.05, 4.69) is 29.1 Å². The predicted octanol–water partition coefficient (Wildman–Crippen LogP) is 3.06. The summed E-state index contributed by atoms with van der Waals surface area (Å²) in [6, 6.07) is 0.118. The van der Waals surface area contributed by atoms with Gasteiger partial charge in [-0.3, -0.25) is 4.99 Å². The van der Waals surface area contributed by atoms with Gasteiger partial charge in [-0.05, 0) is 29.9 Å². The smallest absolute Gasteiger partial charge is 0.123 e. The first-order chi connectivity index (χ1) is 9.24. The lowest BCUT2D eigenvalue weighted by Crippen LogP contribution is -2.37. The Hall–Kier alpha value is -2.16. The van der Waals surface area contributed by atoms with Crippen LogP contribution in [0.5, 0.6) is 0 Å². The van der Waals surface area contributed by atoms with Gasteiger partial charge in [0.05, 0.1) is 29.1 Å². The van der Waals surface area contributed by atoms with Gasteiger partial charge in [0.15, 0.2) is 0 Å². The lowest BCUT2D eigenvalue weighted by molar-refractivity contribution is 0.363. The predicted molar refractivity (Wildman–Crippen MR) is 74.2 cm³/mol. The highest BCUT2D eigenvalue weighted by Gasteiger charge is 2.36. The molecule has 2 unspecified atom stereocenters. The van der Waals surface area contributed by atoms with Crippen LogP contribution in [0.15, 0.2) is 76.4 Å². The molecule has 0 aromatic carbocycles. The number of hydrogen-bond donors (Lipinski definition) is 0. The number of aliphatic imine (C=N–C) groups is 1. The lowest BCUT2D eigenvalue weighted by atomic mass is 9.89. The molecule has 2 nitrogen and oxygen atoms in total. The monoisotopic (exact) mass is 252 g/mol. The Morgan fingerprint density at radius 3 is 2.95 bits per heavy atom. The molecular weight excluding hydrogens is 239 g/mol. The first-order valence-electron chi connectivity index (χ1n) is 6.41. The molecule has 0 amide bonds. The Labute approximate surface area is 111 Å². The van der Waals surface area contributed by atoms with E-state index < -0.39 is 0 Å². The molecule has 0 aromatic heterocycles. The summed E-state index contributed by atoms with van der Waals surface area (Å²) in [5.41, 5.74) is 4.22. The third kappa shape index (κ3) is 1.44. The van der Waals surface area contributed by atoms with Crippen molar-refractivity contribution < 1.29 is 4.39 Å². The van der Waals surface area contributed by atoms with Gasteiger partial charge in [0.25, 0.3) is 0 Å². The molecular formula is C16H13FN2. The van der Waals surface area contributed by atoms with E-state index in [9.17, 15) is 4.39 Å². The van der Waals surface area contributed by atoms with Crippen molar-refractivity contribution in [1.82, 2.24) is 4.90 Å². The van der Waals surface area contributed by atoms with Crippen LogP contribution in [0.3, 0.4) is 0 Å². The van der Waals surface area contributed by atoms with E-state index in [1.54, 1.807) is 6.08 Å². The number of likely N-dealkylation sites (N-methyl/N-ethyl adjacent to an activating group) is 1. The molecule has 0 aromatic rings. The van der Waals surface area contributed by atoms with Gasteiger partial charge in [0, 0.05) is 7.05 Å². The van der Waals surface area contributed by atoms with Crippen LogP contribution >= 0.6 is 0 Å². The molecule has 0 spiro atoms. The molecule has 2 aliphatic carbocycles. The van der Waals surface area contributed by atoms with Crippen molar-refractivity contribution in [3.8, 4) is 0 Å². The number of nitrogens with zero attached hydrogens (tertiary/aromatic N) is 2. The van der Waals surface area contributed by atoms with E-state index in [4.69, 9.17) is 0 Å². The third-order valence-corrected chi connectivity index (χ3v) is 3.99. The molecule has 2 heterocycles. The van der Waals surface area contributed by atoms with E-state index in [1.165, 1.54) is 11.8 Å². The minimum absolute atomic E-state index is 0.118. The Morgan fingerprint density at radius 2 is 2.05 bits per heavy atom. The summed E-state index contributed by atoms with van der Waals surface area (Å²) in [6.45, 7) is 0. The molecule has 0 N–H and O–H groups in total. The fourth-order valence-electron chi connectivity index (χ4n) is 3.11. The van der Waals surface area contributed by atoms with Crippen LogP contribution in [0.1, 0.15) is 0 Å². The van der Waals surface area contributed by atoms with Crippen molar-refractivity contribution in [3.05, 3.63) is 71.4 Å². The molecule has 0 radical (unpaired) electrons. The Bertz CT molecular complexity index is 671. The highest BCUT2D eigenvalue weighted by atomic mass is 19.1. The van der Waals surface area contributed by atoms with Gasteiger partial charge in [-0.25, -0.2) is 4.39 Å². The van der Waals surface area contributed by atoms with E-state index in [1.807, 2.05) is 24.3 Å². The van der Waals surface area contributed by atoms with Gasteiger partial charge in [0.2, 0.25) is 0 Å². The second-order valence-electron chi connectivity index (χ2n) is 5.12. The molecule has 4 rings (SSSR count). The minimum Gasteiger partial charge on any atom is -0.365 e. The van der Waals surface area contributed by atoms with Gasteiger partial charge in [0.1, 0.15) is 5.83 Å². The van der Waals surface area contributed by atoms with Gasteiger partial charge in [-0.1, -0.05) is 24.3 Å². The summed E-state index contributed by atoms with van der Waals surface area (Å²) in [5.74, 6) is 0.0507. The average molecular weight is 252 g/mol. The fourth-order valence-corrected chi connectivity index (χ4v) is 3.11. The Balaban J connectivity index is 1.84. The first-order valence-corrected chi connectivity index (χ1v) is 6.41. The van der Waals surface area contributed by atoms with Crippen molar-refractivity contribution in [2.24, 2.45) is 10.9 Å². The molecule has 2 atom stereocenters. The molecule has 4 aliphatic rings. The van der Waals surface area contributed by atoms with E-state index >= 15 is 0 Å². The zero-order valence-electron chi connectivity index (χ0n) is 10.5. The number of hydrogen-bond acceptors (Lipinski definition) is 2. The van der Waals surface area contributed by atoms with Crippen molar-refractivity contribution in [1.29, 1.82) is 0 Å². The van der Waals surface area contributed by atoms with Crippen LogP contribution in [-0.2, 0) is 0 Å². The minimum atomic E-state index is -0.192. The van der Waals surface area contributed by atoms with Crippen LogP contribution in [0.25, 0.3) is 0 Å². The maximum Gasteiger partial charge on any atom is 0.123 e. The van der Waals surface area contributed by atoms with E-state index in [-0.39, 0.29) is 17.8 Å². The van der Waals surface area contributed by atoms with Crippen LogP contribution < -0.4 is 0 Å². The molecule has 0 saturated carbocycles. The number of allylic oxidation sites excluding steroid dienone is 7. The summed E-state index contributed by atoms with van der Waals surface area (Å²) in [4.78, 5) is 6.87. The number of fused-ring (bicyclic) bond motifs is 3. The molecule has 94 valence electrons. The SMILES string of the molecule is CN1C2=C(C=C3C=C(F)C=CC31)N=C1C=CC=CC12. The van der Waals surface area contributed by atoms with Gasteiger partial charge in [-0.2, -0.15) is 0 Å². The molecule has 0 bridgehead atoms. The molecule has 19 heavy (non-hydrogen) atoms. The Kier molecular flexibility index (Phi) is 2.07. The van der Waals surface area contributed by atoms with E-state index in [0.29, 0.717) is 0 Å². The number of halogens is 1. The topological polar surface area (TPSA) is 15.6 Å². The van der Waals surface area contributed by atoms with Crippen molar-refractivity contribution in [2.45, 2.75) is 6.04 Å². The van der Waals surface area contributed by atoms with Crippen LogP contribution in [-0.4, -0.2) is 23.7 Å². The van der Waals surface area contributed by atoms with Crippen LogP contribution in [0, 0.1) is 5.92 Å². The summed E-state index contributed by atoms with van der Waals surface area (Å²) in [5, 5.41) is 0. The van der Waals surface area contributed by atoms with Crippen LogP contribution in [0.4, 0.5) is 4.39 Å². The second kappa shape index (κ2) is 3.67. The van der Waals surface area contributed by atoms with Gasteiger partial charge in [-0.15, -0.1) is 0 Å². The maximum atomic E-state index is 13.4. The average Bonchev–Trinajstić information content (AvgIpc) is 2.76. The summed E-state index contributed by atoms with van der Waals surface area (Å²) < 4.78 is 13.4. The lowest BCUT2D eigenvalue weighted by Gasteiger charge is -2.36. The standard InChI is InChI=1S/C16H13FN2/c1-19-15-7-6-11(17)8-10(15)9-14-16(19)12-4-2-3-5-13(12)18-14/h2-9,12,15H,1H3. The third-order valence-electron chi connectivity index (χ3n) is 3.99. The summed E-state index contributed by atoms with van der Waals surface area (Å²) >= 11 is 0. The highest BCUT2D eigenvalue weighted by Crippen LogP contribution is 2.39. The van der Waals surface area contributed by atoms with Crippen molar-refractivity contribution >= 4 is 5.71 Å². The van der Waals surface area contributed by atoms with Crippen molar-refractivity contribution in [3.63, 3.8) is 0 Å². The summed E-state index contributed by atoms with van der Waals surface area (Å²) in [6.07, 6.45) is 15.3. The van der Waals surface area contributed by atoms with Crippen molar-refractivity contribution in [2.75, 3.05) is 7.05 Å². The molecule has 3 heteroatoms. The van der Waals surface area contributed by atoms with Gasteiger partial charge < -0.3 is 4.90 Å². The molecule has 2 aliphatic heterocycles.